The maximum Gasteiger partial charge on any atom is 0.407 e. The smallest absolute Gasteiger partial charge is 0.407 e. The van der Waals surface area contributed by atoms with E-state index in [1.54, 1.807) is 0 Å². The number of ether oxygens (including phenoxy) is 5. The average molecular weight is 539 g/mol. The van der Waals surface area contributed by atoms with E-state index < -0.39 is 0 Å². The Hall–Kier alpha value is -2.08. The summed E-state index contributed by atoms with van der Waals surface area (Å²) in [6.45, 7) is 11.3. The molecule has 0 aromatic carbocycles. The van der Waals surface area contributed by atoms with Crippen LogP contribution in [0.1, 0.15) is 51.4 Å². The van der Waals surface area contributed by atoms with Gasteiger partial charge in [0.1, 0.15) is 5.78 Å². The van der Waals surface area contributed by atoms with Crippen molar-refractivity contribution in [2.45, 2.75) is 59.4 Å². The van der Waals surface area contributed by atoms with Crippen LogP contribution in [0.25, 0.3) is 0 Å². The Morgan fingerprint density at radius 3 is 2.16 bits per heavy atom. The third-order valence-corrected chi connectivity index (χ3v) is 7.33. The third-order valence-electron chi connectivity index (χ3n) is 7.33. The van der Waals surface area contributed by atoms with Crippen molar-refractivity contribution in [1.29, 1.82) is 0 Å². The molecule has 3 atom stereocenters. The second-order valence-corrected chi connectivity index (χ2v) is 10.2. The Kier molecular flexibility index (Phi) is 13.5. The fourth-order valence-electron chi connectivity index (χ4n) is 5.00. The zero-order valence-corrected chi connectivity index (χ0v) is 23.3. The van der Waals surface area contributed by atoms with Gasteiger partial charge in [-0.25, -0.2) is 9.48 Å². The fourth-order valence-corrected chi connectivity index (χ4v) is 5.00. The minimum absolute atomic E-state index is 0.0571. The van der Waals surface area contributed by atoms with E-state index >= 15 is 0 Å². The maximum atomic E-state index is 12.0. The van der Waals surface area contributed by atoms with Gasteiger partial charge in [0.15, 0.2) is 0 Å². The summed E-state index contributed by atoms with van der Waals surface area (Å²) in [5.74, 6) is 1.98. The number of Topliss-reactive ketones (excluding diaryl/α,β-unsaturated/α-hetero) is 1. The Labute approximate surface area is 226 Å². The molecule has 1 aromatic heterocycles. The number of nitrogens with zero attached hydrogens (tertiary/aromatic N) is 3. The molecule has 0 spiro atoms. The molecule has 0 radical (unpaired) electrons. The van der Waals surface area contributed by atoms with Crippen LogP contribution in [0.4, 0.5) is 4.79 Å². The average Bonchev–Trinajstić information content (AvgIpc) is 3.40. The van der Waals surface area contributed by atoms with Gasteiger partial charge < -0.3 is 29.0 Å². The summed E-state index contributed by atoms with van der Waals surface area (Å²) in [7, 11) is 0. The summed E-state index contributed by atoms with van der Waals surface area (Å²) in [6.07, 6.45) is 4.23. The number of alkyl carbamates (subject to hydrolysis) is 1. The molecular weight excluding hydrogens is 492 g/mol. The first kappa shape index (κ1) is 30.5. The topological polar surface area (TPSA) is 123 Å². The summed E-state index contributed by atoms with van der Waals surface area (Å²) in [5.41, 5.74) is 2.42. The molecule has 1 aromatic rings. The van der Waals surface area contributed by atoms with Crippen molar-refractivity contribution in [1.82, 2.24) is 20.3 Å². The minimum Gasteiger partial charge on any atom is -0.449 e. The van der Waals surface area contributed by atoms with Gasteiger partial charge in [0.2, 0.25) is 0 Å². The van der Waals surface area contributed by atoms with E-state index in [1.165, 1.54) is 5.69 Å². The highest BCUT2D eigenvalue weighted by atomic mass is 16.6. The van der Waals surface area contributed by atoms with E-state index in [0.29, 0.717) is 90.2 Å². The molecular formula is C27H46N4O7. The van der Waals surface area contributed by atoms with Crippen molar-refractivity contribution < 1.29 is 33.3 Å². The second kappa shape index (κ2) is 16.8. The molecule has 1 amide bonds. The molecule has 11 heteroatoms. The zero-order valence-electron chi connectivity index (χ0n) is 23.3. The lowest BCUT2D eigenvalue weighted by atomic mass is 10.0. The molecule has 1 fully saturated rings. The molecule has 2 aliphatic carbocycles. The van der Waals surface area contributed by atoms with Crippen molar-refractivity contribution in [3.63, 3.8) is 0 Å². The first-order valence-corrected chi connectivity index (χ1v) is 14.2. The van der Waals surface area contributed by atoms with E-state index in [1.807, 2.05) is 18.5 Å². The van der Waals surface area contributed by atoms with Gasteiger partial charge in [0.25, 0.3) is 0 Å². The minimum atomic E-state index is -0.386. The maximum absolute atomic E-state index is 12.0. The van der Waals surface area contributed by atoms with Gasteiger partial charge in [-0.1, -0.05) is 19.1 Å². The largest absolute Gasteiger partial charge is 0.449 e. The van der Waals surface area contributed by atoms with Gasteiger partial charge in [-0.3, -0.25) is 4.79 Å². The molecule has 1 saturated carbocycles. The molecule has 1 heterocycles. The molecule has 0 saturated heterocycles. The Balaban J connectivity index is 1.08. The highest BCUT2D eigenvalue weighted by Gasteiger charge is 2.50. The monoisotopic (exact) mass is 538 g/mol. The number of nitrogens with one attached hydrogen (secondary N) is 1. The number of aryl methyl sites for hydroxylation is 2. The lowest BCUT2D eigenvalue weighted by molar-refractivity contribution is -0.123. The molecule has 3 rings (SSSR count). The number of rotatable bonds is 19. The number of hydrogen-bond acceptors (Lipinski definition) is 9. The van der Waals surface area contributed by atoms with Gasteiger partial charge >= 0.3 is 6.09 Å². The molecule has 1 N–H and O–H groups in total. The summed E-state index contributed by atoms with van der Waals surface area (Å²) in [4.78, 5) is 23.5. The number of amides is 1. The highest BCUT2D eigenvalue weighted by Crippen LogP contribution is 2.52. The first-order valence-electron chi connectivity index (χ1n) is 14.2. The lowest BCUT2D eigenvalue weighted by Gasteiger charge is -2.09. The Bertz CT molecular complexity index is 847. The fraction of sp³-hybridized carbons (Fsp3) is 0.852. The van der Waals surface area contributed by atoms with Crippen molar-refractivity contribution in [2.75, 3.05) is 66.0 Å². The van der Waals surface area contributed by atoms with Crippen molar-refractivity contribution in [2.24, 2.45) is 23.7 Å². The van der Waals surface area contributed by atoms with Crippen molar-refractivity contribution in [3.05, 3.63) is 11.4 Å². The summed E-state index contributed by atoms with van der Waals surface area (Å²) in [6, 6.07) is 0. The van der Waals surface area contributed by atoms with E-state index in [4.69, 9.17) is 23.7 Å². The van der Waals surface area contributed by atoms with Gasteiger partial charge in [0.05, 0.1) is 70.8 Å². The lowest BCUT2D eigenvalue weighted by Crippen LogP contribution is -2.29. The molecule has 0 bridgehead atoms. The predicted molar refractivity (Wildman–Crippen MR) is 140 cm³/mol. The van der Waals surface area contributed by atoms with Crippen LogP contribution in [0.15, 0.2) is 0 Å². The zero-order chi connectivity index (χ0) is 27.2. The quantitative estimate of drug-likeness (QED) is 0.265. The standard InChI is InChI=1S/C27H46N4O7/c1-4-31-25-8-6-22-21(5-7-24(25)29-30-31)23(22)19-38-27(33)28-10-12-35-14-16-37-18-17-36-15-13-34-11-9-26(32)20(2)3/h20-23H,4-19H2,1-3H3,(H,28,33). The number of ketones is 1. The van der Waals surface area contributed by atoms with E-state index in [2.05, 4.69) is 22.6 Å². The third kappa shape index (κ3) is 10.2. The van der Waals surface area contributed by atoms with Crippen LogP contribution in [0.2, 0.25) is 0 Å². The second-order valence-electron chi connectivity index (χ2n) is 10.2. The van der Waals surface area contributed by atoms with Crippen LogP contribution >= 0.6 is 0 Å². The summed E-state index contributed by atoms with van der Waals surface area (Å²) >= 11 is 0. The summed E-state index contributed by atoms with van der Waals surface area (Å²) < 4.78 is 29.2. The molecule has 216 valence electrons. The number of fused-ring (bicyclic) bond motifs is 2. The summed E-state index contributed by atoms with van der Waals surface area (Å²) in [5, 5.41) is 11.4. The Morgan fingerprint density at radius 2 is 1.53 bits per heavy atom. The van der Waals surface area contributed by atoms with E-state index in [0.717, 1.165) is 37.9 Å². The Morgan fingerprint density at radius 1 is 0.921 bits per heavy atom. The predicted octanol–water partition coefficient (Wildman–Crippen LogP) is 2.45. The van der Waals surface area contributed by atoms with Crippen LogP contribution in [-0.4, -0.2) is 92.9 Å². The van der Waals surface area contributed by atoms with Gasteiger partial charge in [-0.2, -0.15) is 0 Å². The molecule has 11 nitrogen and oxygen atoms in total. The SMILES string of the molecule is CCn1nnc2c1CCC1C(CC2)C1COC(=O)NCCOCCOCCOCCOCCC(=O)C(C)C. The van der Waals surface area contributed by atoms with E-state index in [-0.39, 0.29) is 17.8 Å². The molecule has 2 aliphatic rings. The molecule has 3 unspecified atom stereocenters. The number of aromatic nitrogens is 3. The normalized spacial score (nSPS) is 20.4. The van der Waals surface area contributed by atoms with E-state index in [9.17, 15) is 9.59 Å². The van der Waals surface area contributed by atoms with Crippen molar-refractivity contribution >= 4 is 11.9 Å². The van der Waals surface area contributed by atoms with Crippen LogP contribution in [-0.2, 0) is 47.9 Å². The first-order chi connectivity index (χ1) is 18.5. The van der Waals surface area contributed by atoms with Gasteiger partial charge in [-0.05, 0) is 50.4 Å². The number of carbonyl (C=O) groups excluding carboxylic acids is 2. The van der Waals surface area contributed by atoms with Crippen LogP contribution in [0.5, 0.6) is 0 Å². The number of hydrogen-bond donors (Lipinski definition) is 1. The van der Waals surface area contributed by atoms with Crippen LogP contribution in [0, 0.1) is 23.7 Å². The highest BCUT2D eigenvalue weighted by molar-refractivity contribution is 5.80. The van der Waals surface area contributed by atoms with Crippen molar-refractivity contribution in [3.8, 4) is 0 Å². The van der Waals surface area contributed by atoms with Crippen LogP contribution in [0.3, 0.4) is 0 Å². The van der Waals surface area contributed by atoms with Gasteiger partial charge in [-0.15, -0.1) is 5.10 Å². The molecule has 0 aliphatic heterocycles. The van der Waals surface area contributed by atoms with Crippen LogP contribution < -0.4 is 5.32 Å². The molecule has 38 heavy (non-hydrogen) atoms. The van der Waals surface area contributed by atoms with Gasteiger partial charge in [0, 0.05) is 25.4 Å². The number of carbonyl (C=O) groups is 2.